The molecule has 1 saturated heterocycles. The fraction of sp³-hybridized carbons (Fsp3) is 0.778. The van der Waals surface area contributed by atoms with E-state index in [2.05, 4.69) is 0 Å². The van der Waals surface area contributed by atoms with Gasteiger partial charge in [0.25, 0.3) is 0 Å². The average molecular weight is 252 g/mol. The van der Waals surface area contributed by atoms with Crippen LogP contribution in [-0.2, 0) is 4.79 Å². The summed E-state index contributed by atoms with van der Waals surface area (Å²) >= 11 is 0. The Bertz CT molecular complexity index is 252. The molecule has 6 nitrogen and oxygen atoms in total. The van der Waals surface area contributed by atoms with Crippen LogP contribution in [0, 0.1) is 0 Å². The standard InChI is InChI=1S/C9H17N3O3.ClH/c1-10(2)7-8(13)11-3-5-12(6-4-11)9(14)15;/h3-7H2,1-2H3,(H,14,15);1H. The highest BCUT2D eigenvalue weighted by atomic mass is 35.5. The molecule has 0 radical (unpaired) electrons. The number of carboxylic acid groups (broad SMARTS) is 1. The van der Waals surface area contributed by atoms with Crippen LogP contribution in [0.3, 0.4) is 0 Å². The minimum atomic E-state index is -0.908. The number of amides is 2. The molecule has 2 amide bonds. The van der Waals surface area contributed by atoms with Crippen LogP contribution in [0.1, 0.15) is 0 Å². The number of hydrogen-bond donors (Lipinski definition) is 1. The Balaban J connectivity index is 0.00000225. The highest BCUT2D eigenvalue weighted by Gasteiger charge is 2.23. The number of carbonyl (C=O) groups is 2. The molecule has 1 N–H and O–H groups in total. The number of carbonyl (C=O) groups excluding carboxylic acids is 1. The predicted octanol–water partition coefficient (Wildman–Crippen LogP) is -0.208. The first kappa shape index (κ1) is 15.0. The van der Waals surface area contributed by atoms with Crippen LogP contribution in [0.15, 0.2) is 0 Å². The minimum Gasteiger partial charge on any atom is -0.465 e. The maximum atomic E-state index is 11.6. The van der Waals surface area contributed by atoms with Gasteiger partial charge < -0.3 is 19.8 Å². The zero-order chi connectivity index (χ0) is 11.4. The Morgan fingerprint density at radius 2 is 1.56 bits per heavy atom. The summed E-state index contributed by atoms with van der Waals surface area (Å²) in [4.78, 5) is 27.1. The molecule has 1 rings (SSSR count). The van der Waals surface area contributed by atoms with E-state index in [1.165, 1.54) is 4.90 Å². The fourth-order valence-electron chi connectivity index (χ4n) is 1.52. The summed E-state index contributed by atoms with van der Waals surface area (Å²) in [5.74, 6) is 0.0602. The van der Waals surface area contributed by atoms with Gasteiger partial charge in [-0.25, -0.2) is 4.79 Å². The molecule has 0 saturated carbocycles. The lowest BCUT2D eigenvalue weighted by molar-refractivity contribution is -0.133. The predicted molar refractivity (Wildman–Crippen MR) is 62.0 cm³/mol. The number of nitrogens with zero attached hydrogens (tertiary/aromatic N) is 3. The molecule has 0 bridgehead atoms. The Hall–Kier alpha value is -1.01. The smallest absolute Gasteiger partial charge is 0.407 e. The van der Waals surface area contributed by atoms with Crippen LogP contribution in [0.5, 0.6) is 0 Å². The van der Waals surface area contributed by atoms with Gasteiger partial charge in [0, 0.05) is 26.2 Å². The highest BCUT2D eigenvalue weighted by Crippen LogP contribution is 2.02. The summed E-state index contributed by atoms with van der Waals surface area (Å²) in [6, 6.07) is 0. The van der Waals surface area contributed by atoms with Gasteiger partial charge >= 0.3 is 6.09 Å². The van der Waals surface area contributed by atoms with Crippen molar-refractivity contribution in [1.82, 2.24) is 14.7 Å². The fourth-order valence-corrected chi connectivity index (χ4v) is 1.52. The molecule has 0 spiro atoms. The van der Waals surface area contributed by atoms with Gasteiger partial charge in [0.05, 0.1) is 6.54 Å². The van der Waals surface area contributed by atoms with Crippen molar-refractivity contribution in [2.24, 2.45) is 0 Å². The van der Waals surface area contributed by atoms with Crippen LogP contribution in [0.4, 0.5) is 4.79 Å². The molecular weight excluding hydrogens is 234 g/mol. The van der Waals surface area contributed by atoms with Crippen molar-refractivity contribution in [3.63, 3.8) is 0 Å². The summed E-state index contributed by atoms with van der Waals surface area (Å²) in [5, 5.41) is 8.72. The number of likely N-dealkylation sites (N-methyl/N-ethyl adjacent to an activating group) is 1. The van der Waals surface area contributed by atoms with E-state index in [1.54, 1.807) is 4.90 Å². The van der Waals surface area contributed by atoms with Gasteiger partial charge in [0.1, 0.15) is 0 Å². The number of rotatable bonds is 2. The van der Waals surface area contributed by atoms with Crippen LogP contribution >= 0.6 is 12.4 Å². The van der Waals surface area contributed by atoms with E-state index in [0.717, 1.165) is 0 Å². The summed E-state index contributed by atoms with van der Waals surface area (Å²) in [6.07, 6.45) is -0.908. The molecule has 94 valence electrons. The average Bonchev–Trinajstić information content (AvgIpc) is 2.17. The topological polar surface area (TPSA) is 64.1 Å². The normalized spacial score (nSPS) is 15.9. The Kier molecular flexibility index (Phi) is 6.13. The van der Waals surface area contributed by atoms with Crippen molar-refractivity contribution in [2.75, 3.05) is 46.8 Å². The molecule has 1 heterocycles. The quantitative estimate of drug-likeness (QED) is 0.738. The van der Waals surface area contributed by atoms with E-state index in [4.69, 9.17) is 5.11 Å². The van der Waals surface area contributed by atoms with Crippen molar-refractivity contribution in [3.8, 4) is 0 Å². The van der Waals surface area contributed by atoms with Crippen molar-refractivity contribution in [2.45, 2.75) is 0 Å². The minimum absolute atomic E-state index is 0. The maximum absolute atomic E-state index is 11.6. The van der Waals surface area contributed by atoms with Crippen LogP contribution in [0.25, 0.3) is 0 Å². The Morgan fingerprint density at radius 1 is 1.12 bits per heavy atom. The first-order valence-corrected chi connectivity index (χ1v) is 4.91. The molecule has 0 aromatic carbocycles. The lowest BCUT2D eigenvalue weighted by Crippen LogP contribution is -2.51. The van der Waals surface area contributed by atoms with E-state index in [0.29, 0.717) is 32.7 Å². The largest absolute Gasteiger partial charge is 0.465 e. The highest BCUT2D eigenvalue weighted by molar-refractivity contribution is 5.85. The van der Waals surface area contributed by atoms with Crippen molar-refractivity contribution >= 4 is 24.4 Å². The molecule has 1 fully saturated rings. The van der Waals surface area contributed by atoms with Crippen LogP contribution < -0.4 is 0 Å². The van der Waals surface area contributed by atoms with Crippen LogP contribution in [0.2, 0.25) is 0 Å². The lowest BCUT2D eigenvalue weighted by atomic mass is 10.3. The van der Waals surface area contributed by atoms with E-state index < -0.39 is 6.09 Å². The molecule has 1 aliphatic rings. The monoisotopic (exact) mass is 251 g/mol. The summed E-state index contributed by atoms with van der Waals surface area (Å²) in [7, 11) is 3.68. The number of piperazine rings is 1. The van der Waals surface area contributed by atoms with Gasteiger partial charge in [-0.15, -0.1) is 12.4 Å². The Labute approximate surface area is 101 Å². The number of halogens is 1. The van der Waals surface area contributed by atoms with Gasteiger partial charge in [-0.2, -0.15) is 0 Å². The summed E-state index contributed by atoms with van der Waals surface area (Å²) in [5.41, 5.74) is 0. The van der Waals surface area contributed by atoms with Gasteiger partial charge in [0.15, 0.2) is 0 Å². The molecule has 0 unspecified atom stereocenters. The molecule has 16 heavy (non-hydrogen) atoms. The lowest BCUT2D eigenvalue weighted by Gasteiger charge is -2.33. The third-order valence-electron chi connectivity index (χ3n) is 2.35. The van der Waals surface area contributed by atoms with E-state index in [1.807, 2.05) is 19.0 Å². The molecule has 0 aliphatic carbocycles. The zero-order valence-electron chi connectivity index (χ0n) is 9.55. The number of hydrogen-bond acceptors (Lipinski definition) is 3. The van der Waals surface area contributed by atoms with E-state index >= 15 is 0 Å². The second kappa shape index (κ2) is 6.55. The van der Waals surface area contributed by atoms with Crippen LogP contribution in [-0.4, -0.2) is 78.6 Å². The second-order valence-electron chi connectivity index (χ2n) is 3.89. The zero-order valence-corrected chi connectivity index (χ0v) is 10.4. The molecular formula is C9H18ClN3O3. The van der Waals surface area contributed by atoms with Gasteiger partial charge in [0.2, 0.25) is 5.91 Å². The SMILES string of the molecule is CN(C)CC(=O)N1CCN(C(=O)O)CC1.Cl. The first-order chi connectivity index (χ1) is 7.00. The third-order valence-corrected chi connectivity index (χ3v) is 2.35. The van der Waals surface area contributed by atoms with Gasteiger partial charge in [-0.3, -0.25) is 4.79 Å². The summed E-state index contributed by atoms with van der Waals surface area (Å²) in [6.45, 7) is 2.20. The van der Waals surface area contributed by atoms with Gasteiger partial charge in [-0.05, 0) is 14.1 Å². The third kappa shape index (κ3) is 4.24. The summed E-state index contributed by atoms with van der Waals surface area (Å²) < 4.78 is 0. The first-order valence-electron chi connectivity index (χ1n) is 4.91. The molecule has 0 atom stereocenters. The maximum Gasteiger partial charge on any atom is 0.407 e. The molecule has 1 aliphatic heterocycles. The van der Waals surface area contributed by atoms with Gasteiger partial charge in [-0.1, -0.05) is 0 Å². The molecule has 0 aromatic rings. The van der Waals surface area contributed by atoms with Crippen molar-refractivity contribution in [1.29, 1.82) is 0 Å². The molecule has 7 heteroatoms. The van der Waals surface area contributed by atoms with E-state index in [-0.39, 0.29) is 18.3 Å². The van der Waals surface area contributed by atoms with Crippen molar-refractivity contribution in [3.05, 3.63) is 0 Å². The Morgan fingerprint density at radius 3 is 1.94 bits per heavy atom. The molecule has 0 aromatic heterocycles. The van der Waals surface area contributed by atoms with Crippen molar-refractivity contribution < 1.29 is 14.7 Å². The van der Waals surface area contributed by atoms with E-state index in [9.17, 15) is 9.59 Å². The second-order valence-corrected chi connectivity index (χ2v) is 3.89.